The molecule has 3 unspecified atom stereocenters. The molecule has 0 amide bonds. The second-order valence-electron chi connectivity index (χ2n) is 17.0. The van der Waals surface area contributed by atoms with Crippen LogP contribution in [0.3, 0.4) is 0 Å². The fourth-order valence-electron chi connectivity index (χ4n) is 7.11. The molecule has 11 heteroatoms. The Labute approximate surface area is 368 Å². The van der Waals surface area contributed by atoms with Gasteiger partial charge in [0.05, 0.1) is 19.8 Å². The molecule has 0 saturated carbocycles. The average Bonchev–Trinajstić information content (AvgIpc) is 3.23. The van der Waals surface area contributed by atoms with E-state index in [2.05, 4.69) is 38.2 Å². The van der Waals surface area contributed by atoms with Crippen molar-refractivity contribution in [1.82, 2.24) is 0 Å². The zero-order valence-electron chi connectivity index (χ0n) is 38.8. The predicted molar refractivity (Wildman–Crippen MR) is 249 cm³/mol. The number of hydrogen-bond donors (Lipinski definition) is 3. The quantitative estimate of drug-likeness (QED) is 0.0233. The lowest BCUT2D eigenvalue weighted by Gasteiger charge is -2.20. The first-order valence-electron chi connectivity index (χ1n) is 24.9. The van der Waals surface area contributed by atoms with Gasteiger partial charge in [-0.15, -0.1) is 0 Å². The lowest BCUT2D eigenvalue weighted by Crippen LogP contribution is -2.34. The molecule has 0 saturated heterocycles. The molecule has 0 fully saturated rings. The smallest absolute Gasteiger partial charge is 0.472 e. The molecule has 0 spiro atoms. The highest BCUT2D eigenvalue weighted by atomic mass is 31.2. The summed E-state index contributed by atoms with van der Waals surface area (Å²) < 4.78 is 33.5. The molecule has 3 atom stereocenters. The van der Waals surface area contributed by atoms with Crippen LogP contribution in [0.25, 0.3) is 0 Å². The zero-order valence-corrected chi connectivity index (χ0v) is 39.7. The van der Waals surface area contributed by atoms with Gasteiger partial charge in [-0.05, 0) is 44.9 Å². The van der Waals surface area contributed by atoms with Crippen molar-refractivity contribution in [2.24, 2.45) is 5.73 Å². The summed E-state index contributed by atoms with van der Waals surface area (Å²) in [6.07, 6.45) is 50.9. The highest BCUT2D eigenvalue weighted by Gasteiger charge is 2.27. The van der Waals surface area contributed by atoms with Gasteiger partial charge in [0.2, 0.25) is 0 Å². The summed E-state index contributed by atoms with van der Waals surface area (Å²) in [6.45, 7) is 3.91. The maximum absolute atomic E-state index is 12.7. The Morgan fingerprint density at radius 1 is 0.533 bits per heavy atom. The normalized spacial score (nSPS) is 13.9. The lowest BCUT2D eigenvalue weighted by molar-refractivity contribution is -0.154. The minimum absolute atomic E-state index is 0.0211. The summed E-state index contributed by atoms with van der Waals surface area (Å²) >= 11 is 0. The van der Waals surface area contributed by atoms with E-state index in [4.69, 9.17) is 29.4 Å². The molecule has 354 valence electrons. The van der Waals surface area contributed by atoms with Crippen molar-refractivity contribution in [2.75, 3.05) is 26.4 Å². The average molecular weight is 872 g/mol. The van der Waals surface area contributed by atoms with Gasteiger partial charge in [0.15, 0.2) is 0 Å². The minimum Gasteiger partial charge on any atom is -0.480 e. The number of carboxylic acid groups (broad SMARTS) is 1. The van der Waals surface area contributed by atoms with E-state index < -0.39 is 45.1 Å². The van der Waals surface area contributed by atoms with Gasteiger partial charge >= 0.3 is 19.8 Å². The molecule has 0 aromatic carbocycles. The fourth-order valence-corrected chi connectivity index (χ4v) is 7.88. The number of carbonyl (C=O) groups excluding carboxylic acids is 1. The second-order valence-corrected chi connectivity index (χ2v) is 18.4. The molecule has 0 aromatic heterocycles. The Kier molecular flexibility index (Phi) is 44.3. The highest BCUT2D eigenvalue weighted by molar-refractivity contribution is 7.47. The maximum atomic E-state index is 12.7. The van der Waals surface area contributed by atoms with Gasteiger partial charge in [0, 0.05) is 13.0 Å². The molecule has 0 bridgehead atoms. The van der Waals surface area contributed by atoms with Crippen LogP contribution in [-0.4, -0.2) is 60.5 Å². The van der Waals surface area contributed by atoms with Crippen molar-refractivity contribution in [2.45, 2.75) is 251 Å². The van der Waals surface area contributed by atoms with Crippen molar-refractivity contribution in [3.05, 3.63) is 24.3 Å². The predicted octanol–water partition coefficient (Wildman–Crippen LogP) is 14.3. The highest BCUT2D eigenvalue weighted by Crippen LogP contribution is 2.43. The standard InChI is InChI=1S/C49H94NO9P/c1-3-5-7-9-11-13-15-17-19-20-21-22-23-24-25-26-27-29-31-33-35-37-39-41-48(51)59-46(44-57-60(54,55)58-45-47(50)49(52)53)43-56-42-40-38-36-34-32-30-28-18-16-14-12-10-8-6-4-2/h15,17,20-21,46-47H,3-14,16,18-19,22-45,50H2,1-2H3,(H,52,53)(H,54,55)/b17-15-,21-20-. The van der Waals surface area contributed by atoms with E-state index >= 15 is 0 Å². The van der Waals surface area contributed by atoms with Crippen LogP contribution in [0, 0.1) is 0 Å². The molecule has 0 aliphatic carbocycles. The lowest BCUT2D eigenvalue weighted by atomic mass is 10.0. The number of phosphoric acid groups is 1. The Balaban J connectivity index is 4.11. The van der Waals surface area contributed by atoms with Gasteiger partial charge in [0.1, 0.15) is 12.1 Å². The van der Waals surface area contributed by atoms with Gasteiger partial charge in [-0.1, -0.05) is 212 Å². The fraction of sp³-hybridized carbons (Fsp3) is 0.878. The van der Waals surface area contributed by atoms with Crippen LogP contribution >= 0.6 is 7.82 Å². The van der Waals surface area contributed by atoms with E-state index in [0.29, 0.717) is 13.0 Å². The zero-order chi connectivity index (χ0) is 44.0. The Bertz CT molecular complexity index is 1060. The summed E-state index contributed by atoms with van der Waals surface area (Å²) in [6, 6.07) is -1.47. The summed E-state index contributed by atoms with van der Waals surface area (Å²) in [4.78, 5) is 33.6. The van der Waals surface area contributed by atoms with Crippen LogP contribution in [0.5, 0.6) is 0 Å². The van der Waals surface area contributed by atoms with Gasteiger partial charge in [0.25, 0.3) is 0 Å². The largest absolute Gasteiger partial charge is 0.480 e. The van der Waals surface area contributed by atoms with E-state index in [1.54, 1.807) is 0 Å². The second kappa shape index (κ2) is 45.5. The van der Waals surface area contributed by atoms with Gasteiger partial charge in [-0.25, -0.2) is 4.57 Å². The first-order chi connectivity index (χ1) is 29.2. The van der Waals surface area contributed by atoms with Crippen LogP contribution in [0.4, 0.5) is 0 Å². The third-order valence-electron chi connectivity index (χ3n) is 11.0. The third-order valence-corrected chi connectivity index (χ3v) is 11.9. The third kappa shape index (κ3) is 44.5. The van der Waals surface area contributed by atoms with Crippen LogP contribution in [0.1, 0.15) is 239 Å². The van der Waals surface area contributed by atoms with Crippen LogP contribution in [0.2, 0.25) is 0 Å². The SMILES string of the molecule is CCCCCCC/C=C\C/C=C\CCCCCCCCCCCCCC(=O)OC(COCCCCCCCCCCCCCCCCC)COP(=O)(O)OCC(N)C(=O)O. The van der Waals surface area contributed by atoms with Crippen LogP contribution in [0.15, 0.2) is 24.3 Å². The van der Waals surface area contributed by atoms with Crippen molar-refractivity contribution in [3.8, 4) is 0 Å². The van der Waals surface area contributed by atoms with E-state index in [0.717, 1.165) is 44.9 Å². The topological polar surface area (TPSA) is 155 Å². The number of phosphoric ester groups is 1. The Morgan fingerprint density at radius 2 is 0.917 bits per heavy atom. The summed E-state index contributed by atoms with van der Waals surface area (Å²) in [5.41, 5.74) is 5.37. The minimum atomic E-state index is -4.62. The number of aliphatic carboxylic acids is 1. The molecule has 10 nitrogen and oxygen atoms in total. The molecule has 0 aliphatic heterocycles. The molecule has 0 radical (unpaired) electrons. The number of allylic oxidation sites excluding steroid dienone is 4. The molecule has 0 rings (SSSR count). The van der Waals surface area contributed by atoms with Crippen molar-refractivity contribution in [1.29, 1.82) is 0 Å². The Morgan fingerprint density at radius 3 is 1.35 bits per heavy atom. The first-order valence-corrected chi connectivity index (χ1v) is 26.4. The molecular formula is C49H94NO9P. The number of nitrogens with two attached hydrogens (primary N) is 1. The van der Waals surface area contributed by atoms with E-state index in [1.807, 2.05) is 0 Å². The van der Waals surface area contributed by atoms with Crippen molar-refractivity contribution >= 4 is 19.8 Å². The molecular weight excluding hydrogens is 778 g/mol. The van der Waals surface area contributed by atoms with Gasteiger partial charge < -0.3 is 25.2 Å². The van der Waals surface area contributed by atoms with Gasteiger partial charge in [-0.2, -0.15) is 0 Å². The molecule has 0 aliphatic rings. The molecule has 0 aromatic rings. The number of carbonyl (C=O) groups is 2. The molecule has 0 heterocycles. The molecule has 60 heavy (non-hydrogen) atoms. The summed E-state index contributed by atoms with van der Waals surface area (Å²) in [7, 11) is -4.62. The van der Waals surface area contributed by atoms with E-state index in [9.17, 15) is 19.0 Å². The van der Waals surface area contributed by atoms with Gasteiger partial charge in [-0.3, -0.25) is 18.6 Å². The number of esters is 1. The summed E-state index contributed by atoms with van der Waals surface area (Å²) in [5.74, 6) is -1.77. The number of ether oxygens (including phenoxy) is 2. The van der Waals surface area contributed by atoms with Crippen LogP contribution < -0.4 is 5.73 Å². The number of unbranched alkanes of at least 4 members (excludes halogenated alkanes) is 30. The first kappa shape index (κ1) is 58.5. The summed E-state index contributed by atoms with van der Waals surface area (Å²) in [5, 5.41) is 8.92. The molecule has 4 N–H and O–H groups in total. The number of carboxylic acids is 1. The van der Waals surface area contributed by atoms with Crippen molar-refractivity contribution < 1.29 is 42.7 Å². The monoisotopic (exact) mass is 872 g/mol. The van der Waals surface area contributed by atoms with Crippen LogP contribution in [-0.2, 0) is 32.7 Å². The maximum Gasteiger partial charge on any atom is 0.472 e. The number of hydrogen-bond acceptors (Lipinski definition) is 8. The van der Waals surface area contributed by atoms with Crippen molar-refractivity contribution in [3.63, 3.8) is 0 Å². The van der Waals surface area contributed by atoms with E-state index in [1.165, 1.54) is 167 Å². The van der Waals surface area contributed by atoms with E-state index in [-0.39, 0.29) is 13.0 Å². The Hall–Kier alpha value is -1.55. The number of rotatable bonds is 48.